The van der Waals surface area contributed by atoms with Crippen molar-refractivity contribution in [1.82, 2.24) is 0 Å². The van der Waals surface area contributed by atoms with Crippen LogP contribution in [-0.4, -0.2) is 36.1 Å². The fourth-order valence-electron chi connectivity index (χ4n) is 9.60. The van der Waals surface area contributed by atoms with Crippen LogP contribution in [0.1, 0.15) is 148 Å². The number of ether oxygens (including phenoxy) is 5. The van der Waals surface area contributed by atoms with Crippen molar-refractivity contribution in [3.05, 3.63) is 105 Å². The number of esters is 5. The second-order valence-corrected chi connectivity index (χ2v) is 17.7. The van der Waals surface area contributed by atoms with E-state index in [1.165, 1.54) is 40.2 Å². The van der Waals surface area contributed by atoms with Crippen LogP contribution in [0.25, 0.3) is 0 Å². The molecule has 0 saturated heterocycles. The molecule has 336 valence electrons. The molecule has 0 radical (unpaired) electrons. The molecule has 11 heteroatoms. The molecule has 0 aliphatic heterocycles. The van der Waals surface area contributed by atoms with E-state index in [2.05, 4.69) is 31.7 Å². The topological polar surface area (TPSA) is 149 Å². The number of carbonyl (C=O) groups excluding carboxylic acids is 6. The molecule has 0 amide bonds. The number of carbonyl (C=O) groups is 6. The lowest BCUT2D eigenvalue weighted by Crippen LogP contribution is -2.43. The summed E-state index contributed by atoms with van der Waals surface area (Å²) >= 11 is 0. The van der Waals surface area contributed by atoms with Crippen molar-refractivity contribution in [1.29, 1.82) is 0 Å². The van der Waals surface area contributed by atoms with E-state index in [0.29, 0.717) is 91.5 Å². The number of aldehydes is 1. The first kappa shape index (κ1) is 48.2. The highest BCUT2D eigenvalue weighted by molar-refractivity contribution is 5.74. The fourth-order valence-corrected chi connectivity index (χ4v) is 9.60. The van der Waals surface area contributed by atoms with Gasteiger partial charge in [-0.15, -0.1) is 0 Å². The molecule has 3 unspecified atom stereocenters. The van der Waals surface area contributed by atoms with E-state index in [-0.39, 0.29) is 29.3 Å². The average molecular weight is 863 g/mol. The Kier molecular flexibility index (Phi) is 16.1. The maximum Gasteiger partial charge on any atom is 0.308 e. The maximum atomic E-state index is 14.2. The number of hydrogen-bond donors (Lipinski definition) is 0. The van der Waals surface area contributed by atoms with E-state index in [1.54, 1.807) is 30.3 Å². The van der Waals surface area contributed by atoms with Crippen LogP contribution in [0.3, 0.4) is 0 Å². The Morgan fingerprint density at radius 1 is 0.667 bits per heavy atom. The zero-order valence-electron chi connectivity index (χ0n) is 38.3. The Labute approximate surface area is 371 Å². The van der Waals surface area contributed by atoms with Gasteiger partial charge in [0.1, 0.15) is 35.4 Å². The number of rotatable bonds is 7. The minimum atomic E-state index is -1.06. The first-order valence-corrected chi connectivity index (χ1v) is 21.8. The van der Waals surface area contributed by atoms with Gasteiger partial charge in [0.2, 0.25) is 0 Å². The lowest BCUT2D eigenvalue weighted by atomic mass is 9.56. The standard InChI is InChI=1S/C52H62O11/c1-30(2)45-17-16-31(3)14-12-18-52(29-53)42-20-33(5)21-49(61-36(8)56)47-28-48(60-35(7)55)40(26-50(47)62-37(9)57)19-32(4)13-11-15-39(22-42)23-43(52)24-41-25-44(59-34(6)54)27-46(45)51(41)63-38(10)58/h13-14,21-22,25-29,42-43,45,49H,1,11-12,15-20,23-24H2,2-10H3/b31-14+,32-13-,33-21+/t42-,43?,45?,49?,52-/m1/s1. The molecule has 0 spiro atoms. The van der Waals surface area contributed by atoms with Crippen molar-refractivity contribution < 1.29 is 52.5 Å². The van der Waals surface area contributed by atoms with Gasteiger partial charge in [0.15, 0.2) is 0 Å². The molecular formula is C52H62O11. The van der Waals surface area contributed by atoms with E-state index in [1.807, 2.05) is 20.8 Å². The summed E-state index contributed by atoms with van der Waals surface area (Å²) in [5.74, 6) is -2.35. The molecule has 0 saturated carbocycles. The molecule has 6 bridgehead atoms. The van der Waals surface area contributed by atoms with Crippen molar-refractivity contribution in [3.8, 4) is 23.0 Å². The van der Waals surface area contributed by atoms with Gasteiger partial charge < -0.3 is 28.5 Å². The molecule has 4 aliphatic carbocycles. The summed E-state index contributed by atoms with van der Waals surface area (Å²) in [5, 5.41) is 0. The van der Waals surface area contributed by atoms with Crippen LogP contribution in [0.5, 0.6) is 23.0 Å². The second kappa shape index (κ2) is 21.0. The third kappa shape index (κ3) is 12.4. The van der Waals surface area contributed by atoms with Gasteiger partial charge in [-0.05, 0) is 140 Å². The van der Waals surface area contributed by atoms with Crippen LogP contribution in [-0.2, 0) is 46.3 Å². The lowest BCUT2D eigenvalue weighted by molar-refractivity contribution is -0.144. The monoisotopic (exact) mass is 862 g/mol. The van der Waals surface area contributed by atoms with Gasteiger partial charge >= 0.3 is 29.8 Å². The highest BCUT2D eigenvalue weighted by Crippen LogP contribution is 2.53. The summed E-state index contributed by atoms with van der Waals surface area (Å²) in [6.07, 6.45) is 14.1. The third-order valence-corrected chi connectivity index (χ3v) is 12.3. The first-order chi connectivity index (χ1) is 29.8. The maximum absolute atomic E-state index is 14.2. The van der Waals surface area contributed by atoms with E-state index in [0.717, 1.165) is 35.0 Å². The quantitative estimate of drug-likeness (QED) is 0.113. The minimum absolute atomic E-state index is 0.165. The van der Waals surface area contributed by atoms with Gasteiger partial charge in [-0.1, -0.05) is 52.7 Å². The number of benzene rings is 2. The van der Waals surface area contributed by atoms with Crippen LogP contribution in [0.4, 0.5) is 0 Å². The number of allylic oxidation sites excluding steroid dienone is 8. The third-order valence-electron chi connectivity index (χ3n) is 12.3. The zero-order chi connectivity index (χ0) is 46.2. The SMILES string of the molecule is C=C(C)C1CC/C(C)=C/CC[C@]2(C=O)C(CC3=C[C@H]2C/C(C)=C/C(OC(C)=O)c2cc(OC(C)=O)c(cc2OC(C)=O)C/C(C)=C\CC3)Cc2cc(OC(C)=O)cc1c2OC(C)=O. The van der Waals surface area contributed by atoms with Gasteiger partial charge in [-0.2, -0.15) is 0 Å². The van der Waals surface area contributed by atoms with Crippen molar-refractivity contribution in [3.63, 3.8) is 0 Å². The summed E-state index contributed by atoms with van der Waals surface area (Å²) in [7, 11) is 0. The summed E-state index contributed by atoms with van der Waals surface area (Å²) < 4.78 is 29.2. The Bertz CT molecular complexity index is 2290. The van der Waals surface area contributed by atoms with Gasteiger partial charge in [-0.3, -0.25) is 24.0 Å². The molecule has 6 rings (SSSR count). The summed E-state index contributed by atoms with van der Waals surface area (Å²) in [5.41, 5.74) is 6.35. The Balaban J connectivity index is 1.77. The summed E-state index contributed by atoms with van der Waals surface area (Å²) in [4.78, 5) is 77.1. The van der Waals surface area contributed by atoms with Crippen LogP contribution in [0.15, 0.2) is 83.0 Å². The van der Waals surface area contributed by atoms with E-state index >= 15 is 0 Å². The largest absolute Gasteiger partial charge is 0.453 e. The smallest absolute Gasteiger partial charge is 0.308 e. The van der Waals surface area contributed by atoms with Gasteiger partial charge in [0.05, 0.1) is 0 Å². The molecule has 5 atom stereocenters. The molecule has 0 heterocycles. The van der Waals surface area contributed by atoms with Crippen LogP contribution in [0, 0.1) is 17.3 Å². The van der Waals surface area contributed by atoms with Crippen LogP contribution in [0.2, 0.25) is 0 Å². The minimum Gasteiger partial charge on any atom is -0.453 e. The van der Waals surface area contributed by atoms with Crippen molar-refractivity contribution >= 4 is 36.1 Å². The first-order valence-electron chi connectivity index (χ1n) is 21.8. The second-order valence-electron chi connectivity index (χ2n) is 17.7. The Morgan fingerprint density at radius 3 is 1.97 bits per heavy atom. The molecule has 11 nitrogen and oxygen atoms in total. The van der Waals surface area contributed by atoms with Crippen molar-refractivity contribution in [2.24, 2.45) is 17.3 Å². The number of fused-ring (bicyclic) bond motifs is 10. The average Bonchev–Trinajstić information content (AvgIpc) is 3.16. The van der Waals surface area contributed by atoms with Crippen molar-refractivity contribution in [2.75, 3.05) is 0 Å². The van der Waals surface area contributed by atoms with Crippen LogP contribution < -0.4 is 18.9 Å². The molecule has 2 aromatic rings. The van der Waals surface area contributed by atoms with Crippen LogP contribution >= 0.6 is 0 Å². The Morgan fingerprint density at radius 2 is 1.33 bits per heavy atom. The highest BCUT2D eigenvalue weighted by Gasteiger charge is 2.47. The predicted molar refractivity (Wildman–Crippen MR) is 239 cm³/mol. The zero-order valence-corrected chi connectivity index (χ0v) is 38.3. The van der Waals surface area contributed by atoms with Gasteiger partial charge in [0.25, 0.3) is 0 Å². The molecule has 2 aromatic carbocycles. The fraction of sp³-hybridized carbons (Fsp3) is 0.462. The van der Waals surface area contributed by atoms with Gasteiger partial charge in [-0.25, -0.2) is 0 Å². The van der Waals surface area contributed by atoms with Crippen molar-refractivity contribution in [2.45, 2.75) is 139 Å². The predicted octanol–water partition coefficient (Wildman–Crippen LogP) is 10.8. The summed E-state index contributed by atoms with van der Waals surface area (Å²) in [6, 6.07) is 6.79. The molecule has 4 aliphatic rings. The van der Waals surface area contributed by atoms with Gasteiger partial charge in [0, 0.05) is 62.6 Å². The molecule has 0 aromatic heterocycles. The van der Waals surface area contributed by atoms with E-state index in [9.17, 15) is 28.8 Å². The molecule has 0 N–H and O–H groups in total. The summed E-state index contributed by atoms with van der Waals surface area (Å²) in [6.45, 7) is 18.9. The number of hydrogen-bond acceptors (Lipinski definition) is 11. The normalized spacial score (nSPS) is 25.4. The highest BCUT2D eigenvalue weighted by atomic mass is 16.6. The molecule has 0 fully saturated rings. The lowest BCUT2D eigenvalue weighted by Gasteiger charge is -2.46. The molecule has 63 heavy (non-hydrogen) atoms. The Hall–Kier alpha value is -5.84. The van der Waals surface area contributed by atoms with E-state index < -0.39 is 41.4 Å². The molecular weight excluding hydrogens is 801 g/mol. The van der Waals surface area contributed by atoms with E-state index in [4.69, 9.17) is 23.7 Å².